The minimum absolute atomic E-state index is 0.150. The van der Waals surface area contributed by atoms with E-state index in [4.69, 9.17) is 0 Å². The minimum atomic E-state index is -0.431. The van der Waals surface area contributed by atoms with Gasteiger partial charge in [0.05, 0.1) is 16.1 Å². The van der Waals surface area contributed by atoms with Gasteiger partial charge in [0, 0.05) is 17.6 Å². The molecule has 2 heterocycles. The van der Waals surface area contributed by atoms with Gasteiger partial charge in [0.25, 0.3) is 0 Å². The Morgan fingerprint density at radius 3 is 2.03 bits per heavy atom. The van der Waals surface area contributed by atoms with E-state index < -0.39 is 4.92 Å². The van der Waals surface area contributed by atoms with Crippen molar-refractivity contribution in [3.63, 3.8) is 0 Å². The second-order valence-electron chi connectivity index (χ2n) is 10.2. The largest absolute Gasteiger partial charge is 0.364 e. The number of nitrogens with zero attached hydrogens (tertiary/aromatic N) is 4. The summed E-state index contributed by atoms with van der Waals surface area (Å²) in [7, 11) is 0. The molecule has 0 amide bonds. The molecule has 3 rings (SSSR count). The van der Waals surface area contributed by atoms with Crippen LogP contribution in [0.15, 0.2) is 36.7 Å². The molecule has 0 bridgehead atoms. The van der Waals surface area contributed by atoms with E-state index in [1.54, 1.807) is 0 Å². The zero-order valence-corrected chi connectivity index (χ0v) is 23.2. The van der Waals surface area contributed by atoms with Gasteiger partial charge in [-0.1, -0.05) is 109 Å². The van der Waals surface area contributed by atoms with Gasteiger partial charge >= 0.3 is 5.69 Å². The first-order valence-electron chi connectivity index (χ1n) is 14.5. The Labute approximate surface area is 227 Å². The fourth-order valence-electron chi connectivity index (χ4n) is 4.77. The lowest BCUT2D eigenvalue weighted by atomic mass is 10.0. The maximum Gasteiger partial charge on any atom is 0.353 e. The molecule has 0 aliphatic carbocycles. The summed E-state index contributed by atoms with van der Waals surface area (Å²) in [4.78, 5) is 24.4. The number of benzene rings is 1. The van der Waals surface area contributed by atoms with Gasteiger partial charge < -0.3 is 10.6 Å². The Hall–Kier alpha value is -3.29. The van der Waals surface area contributed by atoms with Gasteiger partial charge in [0.1, 0.15) is 6.33 Å². The van der Waals surface area contributed by atoms with Crippen molar-refractivity contribution in [2.24, 2.45) is 0 Å². The van der Waals surface area contributed by atoms with Crippen LogP contribution in [0.25, 0.3) is 10.9 Å². The topological polar surface area (TPSA) is 106 Å². The van der Waals surface area contributed by atoms with Gasteiger partial charge in [0.15, 0.2) is 0 Å². The highest BCUT2D eigenvalue weighted by atomic mass is 16.6. The average Bonchev–Trinajstić information content (AvgIpc) is 2.91. The number of unbranched alkanes of at least 4 members (excludes halogenated alkanes) is 13. The number of nitro groups is 1. The van der Waals surface area contributed by atoms with Crippen molar-refractivity contribution >= 4 is 33.9 Å². The molecule has 3 aromatic rings. The minimum Gasteiger partial charge on any atom is -0.364 e. The van der Waals surface area contributed by atoms with E-state index in [1.165, 1.54) is 83.4 Å². The average molecular weight is 521 g/mol. The standard InChI is InChI=1S/C30H44N6O2/c1-3-4-5-6-7-8-9-10-11-12-13-14-15-16-22-31-29-28(36(37)38)30(33-23-32-29)35-26-19-17-18-25-21-20-24(2)34-27(25)26/h17-21,23H,3-16,22H2,1-2H3,(H2,31,32,33,35). The summed E-state index contributed by atoms with van der Waals surface area (Å²) in [5.41, 5.74) is 2.14. The third-order valence-electron chi connectivity index (χ3n) is 6.94. The van der Waals surface area contributed by atoms with Crippen LogP contribution in [0.3, 0.4) is 0 Å². The van der Waals surface area contributed by atoms with E-state index >= 15 is 0 Å². The Morgan fingerprint density at radius 1 is 0.789 bits per heavy atom. The van der Waals surface area contributed by atoms with Crippen LogP contribution in [0.2, 0.25) is 0 Å². The molecule has 1 aromatic carbocycles. The molecule has 0 radical (unpaired) electrons. The molecule has 0 saturated heterocycles. The second-order valence-corrected chi connectivity index (χ2v) is 10.2. The molecule has 8 nitrogen and oxygen atoms in total. The molecular formula is C30H44N6O2. The monoisotopic (exact) mass is 520 g/mol. The Morgan fingerprint density at radius 2 is 1.39 bits per heavy atom. The Kier molecular flexibility index (Phi) is 12.7. The molecule has 2 aromatic heterocycles. The van der Waals surface area contributed by atoms with Crippen molar-refractivity contribution in [2.75, 3.05) is 17.2 Å². The first kappa shape index (κ1) is 29.3. The number of aromatic nitrogens is 3. The molecule has 206 valence electrons. The summed E-state index contributed by atoms with van der Waals surface area (Å²) >= 11 is 0. The van der Waals surface area contributed by atoms with Crippen LogP contribution in [0.4, 0.5) is 23.0 Å². The van der Waals surface area contributed by atoms with E-state index in [1.807, 2.05) is 37.3 Å². The van der Waals surface area contributed by atoms with Crippen molar-refractivity contribution in [1.82, 2.24) is 15.0 Å². The molecule has 0 spiro atoms. The Bertz CT molecular complexity index is 1140. The van der Waals surface area contributed by atoms with Gasteiger partial charge in [0.2, 0.25) is 11.6 Å². The maximum atomic E-state index is 11.9. The maximum absolute atomic E-state index is 11.9. The molecule has 2 N–H and O–H groups in total. The molecule has 0 saturated carbocycles. The lowest BCUT2D eigenvalue weighted by Gasteiger charge is -2.11. The molecule has 0 aliphatic heterocycles. The molecule has 0 fully saturated rings. The van der Waals surface area contributed by atoms with Gasteiger partial charge in [-0.25, -0.2) is 9.97 Å². The summed E-state index contributed by atoms with van der Waals surface area (Å²) in [6, 6.07) is 9.63. The number of nitrogens with one attached hydrogen (secondary N) is 2. The molecule has 8 heteroatoms. The van der Waals surface area contributed by atoms with Crippen molar-refractivity contribution in [1.29, 1.82) is 0 Å². The Balaban J connectivity index is 1.40. The van der Waals surface area contributed by atoms with E-state index in [0.717, 1.165) is 29.4 Å². The van der Waals surface area contributed by atoms with E-state index in [0.29, 0.717) is 12.2 Å². The fourth-order valence-corrected chi connectivity index (χ4v) is 4.77. The molecule has 0 unspecified atom stereocenters. The van der Waals surface area contributed by atoms with Crippen molar-refractivity contribution in [3.8, 4) is 0 Å². The molecular weight excluding hydrogens is 476 g/mol. The second kappa shape index (κ2) is 16.5. The summed E-state index contributed by atoms with van der Waals surface area (Å²) in [5, 5.41) is 19.2. The zero-order valence-electron chi connectivity index (χ0n) is 23.2. The first-order valence-corrected chi connectivity index (χ1v) is 14.5. The highest BCUT2D eigenvalue weighted by molar-refractivity contribution is 5.93. The number of fused-ring (bicyclic) bond motifs is 1. The lowest BCUT2D eigenvalue weighted by molar-refractivity contribution is -0.383. The number of anilines is 3. The highest BCUT2D eigenvalue weighted by Crippen LogP contribution is 2.33. The summed E-state index contributed by atoms with van der Waals surface area (Å²) in [5.74, 6) is 0.399. The number of hydrogen-bond donors (Lipinski definition) is 2. The SMILES string of the molecule is CCCCCCCCCCCCCCCCNc1ncnc(Nc2cccc3ccc(C)nc23)c1[N+](=O)[O-]. The quantitative estimate of drug-likeness (QED) is 0.0923. The van der Waals surface area contributed by atoms with Crippen LogP contribution in [-0.4, -0.2) is 26.4 Å². The number of pyridine rings is 1. The van der Waals surface area contributed by atoms with Crippen LogP contribution >= 0.6 is 0 Å². The zero-order chi connectivity index (χ0) is 27.0. The van der Waals surface area contributed by atoms with Crippen molar-refractivity contribution < 1.29 is 4.92 Å². The van der Waals surface area contributed by atoms with Crippen molar-refractivity contribution in [3.05, 3.63) is 52.5 Å². The highest BCUT2D eigenvalue weighted by Gasteiger charge is 2.23. The van der Waals surface area contributed by atoms with Crippen LogP contribution < -0.4 is 10.6 Å². The van der Waals surface area contributed by atoms with Gasteiger partial charge in [-0.05, 0) is 25.5 Å². The van der Waals surface area contributed by atoms with Crippen LogP contribution in [0.5, 0.6) is 0 Å². The fraction of sp³-hybridized carbons (Fsp3) is 0.567. The number of aryl methyl sites for hydroxylation is 1. The third-order valence-corrected chi connectivity index (χ3v) is 6.94. The first-order chi connectivity index (χ1) is 18.6. The van der Waals surface area contributed by atoms with Gasteiger partial charge in [-0.3, -0.25) is 15.1 Å². The molecule has 0 aliphatic rings. The number of rotatable bonds is 19. The summed E-state index contributed by atoms with van der Waals surface area (Å²) < 4.78 is 0. The molecule has 38 heavy (non-hydrogen) atoms. The summed E-state index contributed by atoms with van der Waals surface area (Å²) in [6.45, 7) is 4.83. The van der Waals surface area contributed by atoms with E-state index in [-0.39, 0.29) is 17.3 Å². The number of para-hydroxylation sites is 1. The lowest BCUT2D eigenvalue weighted by Crippen LogP contribution is -2.09. The predicted octanol–water partition coefficient (Wildman–Crippen LogP) is 8.88. The van der Waals surface area contributed by atoms with Gasteiger partial charge in [-0.2, -0.15) is 0 Å². The smallest absolute Gasteiger partial charge is 0.353 e. The van der Waals surface area contributed by atoms with E-state index in [2.05, 4.69) is 32.5 Å². The van der Waals surface area contributed by atoms with Gasteiger partial charge in [-0.15, -0.1) is 0 Å². The predicted molar refractivity (Wildman–Crippen MR) is 157 cm³/mol. The van der Waals surface area contributed by atoms with Crippen molar-refractivity contribution in [2.45, 2.75) is 104 Å². The normalized spacial score (nSPS) is 11.1. The van der Waals surface area contributed by atoms with Crippen LogP contribution in [0.1, 0.15) is 103 Å². The third kappa shape index (κ3) is 9.54. The van der Waals surface area contributed by atoms with Crippen LogP contribution in [-0.2, 0) is 0 Å². The number of hydrogen-bond acceptors (Lipinski definition) is 7. The van der Waals surface area contributed by atoms with E-state index in [9.17, 15) is 10.1 Å². The summed E-state index contributed by atoms with van der Waals surface area (Å²) in [6.07, 6.45) is 19.5. The van der Waals surface area contributed by atoms with Crippen LogP contribution in [0, 0.1) is 17.0 Å². The molecule has 0 atom stereocenters.